The van der Waals surface area contributed by atoms with E-state index in [0.29, 0.717) is 6.42 Å². The van der Waals surface area contributed by atoms with Crippen LogP contribution in [0.2, 0.25) is 0 Å². The first kappa shape index (κ1) is 21.1. The lowest BCUT2D eigenvalue weighted by Gasteiger charge is -2.11. The summed E-state index contributed by atoms with van der Waals surface area (Å²) in [6, 6.07) is 6.68. The maximum Gasteiger partial charge on any atom is 0.323 e. The number of carbonyl (C=O) groups is 5. The lowest BCUT2D eigenvalue weighted by atomic mass is 9.88. The van der Waals surface area contributed by atoms with Gasteiger partial charge in [0.05, 0.1) is 5.56 Å². The minimum atomic E-state index is -0.869. The number of ketones is 3. The minimum absolute atomic E-state index is 0.0189. The third kappa shape index (κ3) is 4.20. The predicted octanol–water partition coefficient (Wildman–Crippen LogP) is 1.45. The van der Waals surface area contributed by atoms with Crippen molar-refractivity contribution in [2.45, 2.75) is 25.8 Å². The van der Waals surface area contributed by atoms with E-state index in [1.54, 1.807) is 19.1 Å². The Labute approximate surface area is 171 Å². The van der Waals surface area contributed by atoms with Crippen molar-refractivity contribution in [3.8, 4) is 0 Å². The summed E-state index contributed by atoms with van der Waals surface area (Å²) in [6.45, 7) is 1.29. The van der Waals surface area contributed by atoms with Crippen molar-refractivity contribution in [3.63, 3.8) is 0 Å². The van der Waals surface area contributed by atoms with Gasteiger partial charge < -0.3 is 19.6 Å². The van der Waals surface area contributed by atoms with E-state index in [4.69, 9.17) is 19.6 Å². The van der Waals surface area contributed by atoms with Gasteiger partial charge in [-0.05, 0) is 12.5 Å². The zero-order chi connectivity index (χ0) is 21.8. The Morgan fingerprint density at radius 2 is 1.63 bits per heavy atom. The number of esters is 2. The lowest BCUT2D eigenvalue weighted by Crippen LogP contribution is -2.32. The van der Waals surface area contributed by atoms with E-state index in [2.05, 4.69) is 0 Å². The van der Waals surface area contributed by atoms with Gasteiger partial charge in [0.1, 0.15) is 25.7 Å². The molecule has 0 spiro atoms. The van der Waals surface area contributed by atoms with E-state index in [-0.39, 0.29) is 41.4 Å². The summed E-state index contributed by atoms with van der Waals surface area (Å²) in [7, 11) is 0. The number of Topliss-reactive ketones (excluding diaryl/α,β-unsaturated/α-hetero) is 1. The van der Waals surface area contributed by atoms with Gasteiger partial charge in [0.2, 0.25) is 11.6 Å². The van der Waals surface area contributed by atoms with E-state index < -0.39 is 41.8 Å². The van der Waals surface area contributed by atoms with Crippen LogP contribution in [0.1, 0.15) is 62.4 Å². The average Bonchev–Trinajstić information content (AvgIpc) is 3.20. The van der Waals surface area contributed by atoms with Crippen molar-refractivity contribution < 1.29 is 37.9 Å². The van der Waals surface area contributed by atoms with Crippen LogP contribution < -0.4 is 5.73 Å². The standard InChI is InChI=1S/C21H19NO8/c1-2-14(22)21(27)29-8-7-28-17(24)10-15(23)16-9-13-18(25)11-5-3-4-6-12(11)19(26)20(13)30-16/h3-6,9,14H,2,7-8,10,22H2,1H3/t14-/m0/s1. The van der Waals surface area contributed by atoms with E-state index >= 15 is 0 Å². The largest absolute Gasteiger partial charge is 0.462 e. The highest BCUT2D eigenvalue weighted by atomic mass is 16.6. The number of furan rings is 1. The minimum Gasteiger partial charge on any atom is -0.462 e. The van der Waals surface area contributed by atoms with Crippen LogP contribution in [0.3, 0.4) is 0 Å². The van der Waals surface area contributed by atoms with E-state index in [1.165, 1.54) is 12.1 Å². The van der Waals surface area contributed by atoms with Gasteiger partial charge in [-0.2, -0.15) is 0 Å². The van der Waals surface area contributed by atoms with Crippen molar-refractivity contribution in [2.24, 2.45) is 5.73 Å². The molecular weight excluding hydrogens is 394 g/mol. The summed E-state index contributed by atoms with van der Waals surface area (Å²) in [6.07, 6.45) is -0.250. The number of hydrogen-bond acceptors (Lipinski definition) is 9. The molecule has 2 N–H and O–H groups in total. The van der Waals surface area contributed by atoms with Gasteiger partial charge in [0.25, 0.3) is 0 Å². The number of nitrogens with two attached hydrogens (primary N) is 1. The van der Waals surface area contributed by atoms with Crippen LogP contribution in [0.4, 0.5) is 0 Å². The van der Waals surface area contributed by atoms with Crippen LogP contribution in [0.25, 0.3) is 0 Å². The number of benzene rings is 1. The van der Waals surface area contributed by atoms with E-state index in [0.717, 1.165) is 6.07 Å². The monoisotopic (exact) mass is 413 g/mol. The Morgan fingerprint density at radius 3 is 2.30 bits per heavy atom. The van der Waals surface area contributed by atoms with Gasteiger partial charge in [-0.25, -0.2) is 0 Å². The molecule has 9 heteroatoms. The Hall–Kier alpha value is -3.59. The molecule has 0 saturated carbocycles. The highest BCUT2D eigenvalue weighted by Crippen LogP contribution is 2.30. The lowest BCUT2D eigenvalue weighted by molar-refractivity contribution is -0.152. The second kappa shape index (κ2) is 8.83. The zero-order valence-corrected chi connectivity index (χ0v) is 16.1. The molecule has 1 aliphatic rings. The van der Waals surface area contributed by atoms with Gasteiger partial charge in [-0.15, -0.1) is 0 Å². The maximum atomic E-state index is 12.5. The third-order valence-corrected chi connectivity index (χ3v) is 4.51. The smallest absolute Gasteiger partial charge is 0.323 e. The quantitative estimate of drug-likeness (QED) is 0.251. The third-order valence-electron chi connectivity index (χ3n) is 4.51. The Bertz CT molecular complexity index is 983. The Morgan fingerprint density at radius 1 is 1.00 bits per heavy atom. The second-order valence-corrected chi connectivity index (χ2v) is 6.56. The van der Waals surface area contributed by atoms with Crippen LogP contribution >= 0.6 is 0 Å². The second-order valence-electron chi connectivity index (χ2n) is 6.56. The highest BCUT2D eigenvalue weighted by Gasteiger charge is 2.34. The molecule has 156 valence electrons. The van der Waals surface area contributed by atoms with Crippen molar-refractivity contribution in [1.29, 1.82) is 0 Å². The molecule has 0 amide bonds. The molecular formula is C21H19NO8. The first-order chi connectivity index (χ1) is 14.3. The van der Waals surface area contributed by atoms with Gasteiger partial charge in [0, 0.05) is 11.1 Å². The van der Waals surface area contributed by atoms with Crippen LogP contribution in [-0.2, 0) is 19.1 Å². The zero-order valence-electron chi connectivity index (χ0n) is 16.1. The molecule has 0 saturated heterocycles. The summed E-state index contributed by atoms with van der Waals surface area (Å²) >= 11 is 0. The van der Waals surface area contributed by atoms with Crippen molar-refractivity contribution in [1.82, 2.24) is 0 Å². The average molecular weight is 413 g/mol. The van der Waals surface area contributed by atoms with Gasteiger partial charge >= 0.3 is 11.9 Å². The number of hydrogen-bond donors (Lipinski definition) is 1. The highest BCUT2D eigenvalue weighted by molar-refractivity contribution is 6.28. The molecule has 3 rings (SSSR count). The summed E-state index contributed by atoms with van der Waals surface area (Å²) in [5, 5.41) is 0. The maximum absolute atomic E-state index is 12.5. The van der Waals surface area contributed by atoms with E-state index in [9.17, 15) is 24.0 Å². The molecule has 0 fully saturated rings. The summed E-state index contributed by atoms with van der Waals surface area (Å²) < 4.78 is 15.0. The Balaban J connectivity index is 1.58. The fraction of sp³-hybridized carbons (Fsp3) is 0.286. The number of fused-ring (bicyclic) bond motifs is 2. The van der Waals surface area contributed by atoms with Crippen molar-refractivity contribution in [2.75, 3.05) is 13.2 Å². The number of ether oxygens (including phenoxy) is 2. The first-order valence-corrected chi connectivity index (χ1v) is 9.26. The van der Waals surface area contributed by atoms with E-state index in [1.807, 2.05) is 0 Å². The van der Waals surface area contributed by atoms with Gasteiger partial charge in [0.15, 0.2) is 17.3 Å². The fourth-order valence-corrected chi connectivity index (χ4v) is 2.85. The molecule has 1 atom stereocenters. The molecule has 0 radical (unpaired) electrons. The molecule has 1 aliphatic carbocycles. The molecule has 1 aromatic carbocycles. The molecule has 2 aromatic rings. The van der Waals surface area contributed by atoms with Crippen LogP contribution in [0, 0.1) is 0 Å². The normalized spacial score (nSPS) is 13.3. The van der Waals surface area contributed by atoms with Crippen LogP contribution in [0.5, 0.6) is 0 Å². The van der Waals surface area contributed by atoms with Crippen molar-refractivity contribution in [3.05, 3.63) is 58.5 Å². The number of rotatable bonds is 8. The molecule has 1 heterocycles. The van der Waals surface area contributed by atoms with Crippen LogP contribution in [-0.4, -0.2) is 48.5 Å². The summed E-state index contributed by atoms with van der Waals surface area (Å²) in [4.78, 5) is 60.6. The first-order valence-electron chi connectivity index (χ1n) is 9.26. The summed E-state index contributed by atoms with van der Waals surface area (Å²) in [5.41, 5.74) is 5.90. The molecule has 30 heavy (non-hydrogen) atoms. The Kier molecular flexibility index (Phi) is 6.22. The molecule has 9 nitrogen and oxygen atoms in total. The van der Waals surface area contributed by atoms with Crippen LogP contribution in [0.15, 0.2) is 34.7 Å². The van der Waals surface area contributed by atoms with Gasteiger partial charge in [-0.3, -0.25) is 24.0 Å². The predicted molar refractivity (Wildman–Crippen MR) is 101 cm³/mol. The SMILES string of the molecule is CC[C@H](N)C(=O)OCCOC(=O)CC(=O)c1cc2c(o1)C(=O)c1ccccc1C2=O. The summed E-state index contributed by atoms with van der Waals surface area (Å²) in [5.74, 6) is -3.68. The molecule has 0 bridgehead atoms. The fourth-order valence-electron chi connectivity index (χ4n) is 2.85. The molecule has 1 aromatic heterocycles. The number of carbonyl (C=O) groups excluding carboxylic acids is 5. The van der Waals surface area contributed by atoms with Crippen molar-refractivity contribution >= 4 is 29.3 Å². The molecule has 0 unspecified atom stereocenters. The topological polar surface area (TPSA) is 143 Å². The molecule has 0 aliphatic heterocycles. The van der Waals surface area contributed by atoms with Gasteiger partial charge in [-0.1, -0.05) is 31.2 Å².